The van der Waals surface area contributed by atoms with Crippen LogP contribution in [0.5, 0.6) is 0 Å². The number of aryl methyl sites for hydroxylation is 2. The number of likely N-dealkylation sites (tertiary alicyclic amines) is 1. The molecule has 1 aromatic carbocycles. The van der Waals surface area contributed by atoms with Gasteiger partial charge in [0.2, 0.25) is 5.91 Å². The smallest absolute Gasteiger partial charge is 0.220 e. The van der Waals surface area contributed by atoms with Gasteiger partial charge in [-0.3, -0.25) is 9.69 Å². The Hall–Kier alpha value is -2.80. The first-order chi connectivity index (χ1) is 15.3. The van der Waals surface area contributed by atoms with Gasteiger partial charge in [-0.05, 0) is 76.8 Å². The molecule has 4 rings (SSSR count). The number of carbonyl (C=O) groups is 1. The highest BCUT2D eigenvalue weighted by Crippen LogP contribution is 2.33. The Labute approximate surface area is 188 Å². The van der Waals surface area contributed by atoms with Crippen LogP contribution in [0.3, 0.4) is 0 Å². The summed E-state index contributed by atoms with van der Waals surface area (Å²) in [5.41, 5.74) is 6.05. The number of nitrogens with zero attached hydrogens (tertiary/aromatic N) is 4. The van der Waals surface area contributed by atoms with Crippen molar-refractivity contribution in [2.45, 2.75) is 72.0 Å². The fourth-order valence-electron chi connectivity index (χ4n) is 4.68. The molecular formula is C25H32FN5O. The van der Waals surface area contributed by atoms with E-state index in [9.17, 15) is 9.18 Å². The molecule has 6 nitrogen and oxygen atoms in total. The highest BCUT2D eigenvalue weighted by atomic mass is 19.1. The van der Waals surface area contributed by atoms with E-state index in [1.54, 1.807) is 0 Å². The van der Waals surface area contributed by atoms with Crippen LogP contribution in [0.1, 0.15) is 67.4 Å². The minimum absolute atomic E-state index is 0.0578. The van der Waals surface area contributed by atoms with Crippen LogP contribution in [0.15, 0.2) is 30.3 Å². The largest absolute Gasteiger partial charge is 0.354 e. The third kappa shape index (κ3) is 4.83. The Kier molecular flexibility index (Phi) is 6.55. The van der Waals surface area contributed by atoms with Gasteiger partial charge in [0, 0.05) is 36.5 Å². The van der Waals surface area contributed by atoms with Gasteiger partial charge in [-0.2, -0.15) is 5.10 Å². The minimum atomic E-state index is -0.207. The fraction of sp³-hybridized carbons (Fsp3) is 0.480. The van der Waals surface area contributed by atoms with Gasteiger partial charge in [0.1, 0.15) is 5.82 Å². The number of aromatic nitrogens is 3. The Morgan fingerprint density at radius 1 is 1.25 bits per heavy atom. The van der Waals surface area contributed by atoms with E-state index in [1.807, 2.05) is 37.4 Å². The SMILES string of the molecule is Cc1nc2cc([C@@H]3CCCN3Cc3ccc(F)cc3)nn2c(C)c1CCC(=O)NC(C)C. The van der Waals surface area contributed by atoms with Gasteiger partial charge in [0.05, 0.1) is 11.7 Å². The van der Waals surface area contributed by atoms with Gasteiger partial charge in [-0.15, -0.1) is 0 Å². The molecule has 1 atom stereocenters. The second kappa shape index (κ2) is 9.36. The van der Waals surface area contributed by atoms with Crippen molar-refractivity contribution < 1.29 is 9.18 Å². The maximum Gasteiger partial charge on any atom is 0.220 e. The number of rotatable bonds is 7. The third-order valence-corrected chi connectivity index (χ3v) is 6.24. The van der Waals surface area contributed by atoms with Gasteiger partial charge in [0.25, 0.3) is 0 Å². The van der Waals surface area contributed by atoms with Crippen LogP contribution < -0.4 is 5.32 Å². The molecule has 1 N–H and O–H groups in total. The first-order valence-corrected chi connectivity index (χ1v) is 11.5. The molecule has 3 aromatic rings. The number of halogens is 1. The third-order valence-electron chi connectivity index (χ3n) is 6.24. The molecule has 1 fully saturated rings. The first-order valence-electron chi connectivity index (χ1n) is 11.5. The van der Waals surface area contributed by atoms with E-state index in [0.29, 0.717) is 12.8 Å². The van der Waals surface area contributed by atoms with Crippen molar-refractivity contribution in [2.75, 3.05) is 6.54 Å². The number of benzene rings is 1. The molecule has 1 saturated heterocycles. The van der Waals surface area contributed by atoms with Gasteiger partial charge in [-0.25, -0.2) is 13.9 Å². The molecule has 0 radical (unpaired) electrons. The predicted octanol–water partition coefficient (Wildman–Crippen LogP) is 4.28. The Morgan fingerprint density at radius 3 is 2.72 bits per heavy atom. The van der Waals surface area contributed by atoms with Crippen LogP contribution in [0.2, 0.25) is 0 Å². The van der Waals surface area contributed by atoms with E-state index in [2.05, 4.69) is 23.2 Å². The molecular weight excluding hydrogens is 405 g/mol. The standard InChI is InChI=1S/C25H32FN5O/c1-16(2)27-25(32)12-11-21-17(3)28-24-14-22(29-31(24)18(21)4)23-6-5-13-30(23)15-19-7-9-20(26)10-8-19/h7-10,14,16,23H,5-6,11-13,15H2,1-4H3,(H,27,32)/t23-/m0/s1. The topological polar surface area (TPSA) is 62.5 Å². The number of hydrogen-bond donors (Lipinski definition) is 1. The van der Waals surface area contributed by atoms with Crippen molar-refractivity contribution in [3.8, 4) is 0 Å². The lowest BCUT2D eigenvalue weighted by atomic mass is 10.1. The fourth-order valence-corrected chi connectivity index (χ4v) is 4.68. The average Bonchev–Trinajstić information content (AvgIpc) is 3.35. The van der Waals surface area contributed by atoms with Gasteiger partial charge >= 0.3 is 0 Å². The Morgan fingerprint density at radius 2 is 2.00 bits per heavy atom. The summed E-state index contributed by atoms with van der Waals surface area (Å²) in [6, 6.07) is 9.19. The number of fused-ring (bicyclic) bond motifs is 1. The molecule has 0 unspecified atom stereocenters. The van der Waals surface area contributed by atoms with Crippen molar-refractivity contribution in [3.05, 3.63) is 64.4 Å². The quantitative estimate of drug-likeness (QED) is 0.599. The molecule has 1 aliphatic heterocycles. The summed E-state index contributed by atoms with van der Waals surface area (Å²) in [4.78, 5) is 19.3. The van der Waals surface area contributed by atoms with Gasteiger partial charge < -0.3 is 5.32 Å². The maximum atomic E-state index is 13.3. The number of amides is 1. The van der Waals surface area contributed by atoms with Crippen LogP contribution in [-0.4, -0.2) is 38.0 Å². The van der Waals surface area contributed by atoms with E-state index in [0.717, 1.165) is 59.8 Å². The van der Waals surface area contributed by atoms with E-state index < -0.39 is 0 Å². The molecule has 3 heterocycles. The molecule has 32 heavy (non-hydrogen) atoms. The highest BCUT2D eigenvalue weighted by Gasteiger charge is 2.29. The summed E-state index contributed by atoms with van der Waals surface area (Å²) in [7, 11) is 0. The zero-order valence-electron chi connectivity index (χ0n) is 19.4. The van der Waals surface area contributed by atoms with Crippen molar-refractivity contribution in [3.63, 3.8) is 0 Å². The van der Waals surface area contributed by atoms with Crippen LogP contribution >= 0.6 is 0 Å². The molecule has 170 valence electrons. The van der Waals surface area contributed by atoms with Gasteiger partial charge in [0.15, 0.2) is 5.65 Å². The van der Waals surface area contributed by atoms with Gasteiger partial charge in [-0.1, -0.05) is 12.1 Å². The molecule has 0 spiro atoms. The summed E-state index contributed by atoms with van der Waals surface area (Å²) in [6.07, 6.45) is 3.25. The van der Waals surface area contributed by atoms with E-state index in [4.69, 9.17) is 10.1 Å². The average molecular weight is 438 g/mol. The lowest BCUT2D eigenvalue weighted by Gasteiger charge is -2.23. The molecule has 7 heteroatoms. The van der Waals surface area contributed by atoms with Crippen LogP contribution in [-0.2, 0) is 17.8 Å². The lowest BCUT2D eigenvalue weighted by molar-refractivity contribution is -0.121. The second-order valence-corrected chi connectivity index (χ2v) is 9.08. The Bertz CT molecular complexity index is 1110. The monoisotopic (exact) mass is 437 g/mol. The lowest BCUT2D eigenvalue weighted by Crippen LogP contribution is -2.30. The van der Waals surface area contributed by atoms with E-state index in [-0.39, 0.29) is 23.8 Å². The molecule has 1 aliphatic rings. The number of nitrogens with one attached hydrogen (secondary N) is 1. The number of carbonyl (C=O) groups excluding carboxylic acids is 1. The van der Waals surface area contributed by atoms with Crippen LogP contribution in [0, 0.1) is 19.7 Å². The molecule has 1 amide bonds. The van der Waals surface area contributed by atoms with Crippen molar-refractivity contribution in [1.82, 2.24) is 24.8 Å². The van der Waals surface area contributed by atoms with Crippen molar-refractivity contribution >= 4 is 11.6 Å². The van der Waals surface area contributed by atoms with E-state index >= 15 is 0 Å². The highest BCUT2D eigenvalue weighted by molar-refractivity contribution is 5.76. The summed E-state index contributed by atoms with van der Waals surface area (Å²) < 4.78 is 15.2. The summed E-state index contributed by atoms with van der Waals surface area (Å²) in [5.74, 6) is -0.149. The maximum absolute atomic E-state index is 13.3. The zero-order chi connectivity index (χ0) is 22.8. The van der Waals surface area contributed by atoms with Crippen molar-refractivity contribution in [1.29, 1.82) is 0 Å². The second-order valence-electron chi connectivity index (χ2n) is 9.08. The molecule has 0 saturated carbocycles. The zero-order valence-corrected chi connectivity index (χ0v) is 19.4. The van der Waals surface area contributed by atoms with Crippen LogP contribution in [0.25, 0.3) is 5.65 Å². The predicted molar refractivity (Wildman–Crippen MR) is 123 cm³/mol. The van der Waals surface area contributed by atoms with E-state index in [1.165, 1.54) is 12.1 Å². The summed E-state index contributed by atoms with van der Waals surface area (Å²) in [6.45, 7) is 9.77. The summed E-state index contributed by atoms with van der Waals surface area (Å²) in [5, 5.41) is 7.88. The number of hydrogen-bond acceptors (Lipinski definition) is 4. The molecule has 0 aliphatic carbocycles. The first kappa shape index (κ1) is 22.4. The minimum Gasteiger partial charge on any atom is -0.354 e. The van der Waals surface area contributed by atoms with Crippen molar-refractivity contribution in [2.24, 2.45) is 0 Å². The molecule has 2 aromatic heterocycles. The summed E-state index contributed by atoms with van der Waals surface area (Å²) >= 11 is 0. The van der Waals surface area contributed by atoms with Crippen LogP contribution in [0.4, 0.5) is 4.39 Å². The normalized spacial score (nSPS) is 16.9. The molecule has 0 bridgehead atoms. The Balaban J connectivity index is 1.55.